The average molecular weight is 283 g/mol. The Morgan fingerprint density at radius 2 is 2.05 bits per heavy atom. The largest absolute Gasteiger partial charge is 0.367 e. The Balaban J connectivity index is 1.49. The van der Waals surface area contributed by atoms with Crippen LogP contribution in [0.25, 0.3) is 0 Å². The van der Waals surface area contributed by atoms with Crippen LogP contribution in [0.2, 0.25) is 0 Å². The number of aryl methyl sites for hydroxylation is 1. The van der Waals surface area contributed by atoms with E-state index in [0.717, 1.165) is 49.7 Å². The van der Waals surface area contributed by atoms with Gasteiger partial charge >= 0.3 is 0 Å². The van der Waals surface area contributed by atoms with E-state index >= 15 is 0 Å². The molecule has 0 aromatic carbocycles. The van der Waals surface area contributed by atoms with Gasteiger partial charge in [-0.15, -0.1) is 0 Å². The molecule has 0 amide bonds. The van der Waals surface area contributed by atoms with E-state index in [0.29, 0.717) is 6.04 Å². The van der Waals surface area contributed by atoms with Gasteiger partial charge in [0.2, 0.25) is 0 Å². The number of nitrogens with one attached hydrogen (secondary N) is 1. The Morgan fingerprint density at radius 3 is 2.76 bits per heavy atom. The van der Waals surface area contributed by atoms with Crippen LogP contribution in [0.15, 0.2) is 36.8 Å². The first-order chi connectivity index (χ1) is 10.3. The van der Waals surface area contributed by atoms with Gasteiger partial charge in [-0.25, -0.2) is 9.97 Å². The molecule has 1 aliphatic heterocycles. The van der Waals surface area contributed by atoms with Crippen molar-refractivity contribution in [1.82, 2.24) is 19.9 Å². The predicted molar refractivity (Wildman–Crippen MR) is 82.9 cm³/mol. The smallest absolute Gasteiger partial charge is 0.129 e. The molecule has 0 spiro atoms. The number of piperidine rings is 1. The Labute approximate surface area is 125 Å². The number of hydrogen-bond donors (Lipinski definition) is 1. The fourth-order valence-corrected chi connectivity index (χ4v) is 2.70. The zero-order chi connectivity index (χ0) is 14.5. The van der Waals surface area contributed by atoms with E-state index in [4.69, 9.17) is 0 Å². The van der Waals surface area contributed by atoms with E-state index in [1.165, 1.54) is 0 Å². The molecule has 2 aromatic rings. The third-order valence-corrected chi connectivity index (χ3v) is 3.86. The van der Waals surface area contributed by atoms with Gasteiger partial charge in [0, 0.05) is 43.6 Å². The van der Waals surface area contributed by atoms with Gasteiger partial charge in [0.05, 0.1) is 5.69 Å². The summed E-state index contributed by atoms with van der Waals surface area (Å²) in [7, 11) is 0. The van der Waals surface area contributed by atoms with Gasteiger partial charge in [-0.05, 0) is 31.9 Å². The minimum absolute atomic E-state index is 0.499. The highest BCUT2D eigenvalue weighted by Crippen LogP contribution is 2.16. The molecular weight excluding hydrogens is 262 g/mol. The average Bonchev–Trinajstić information content (AvgIpc) is 2.50. The van der Waals surface area contributed by atoms with Gasteiger partial charge in [0.15, 0.2) is 0 Å². The Kier molecular flexibility index (Phi) is 4.40. The lowest BCUT2D eigenvalue weighted by atomic mass is 10.0. The fraction of sp³-hybridized carbons (Fsp3) is 0.438. The first kappa shape index (κ1) is 13.9. The number of rotatable bonds is 4. The second kappa shape index (κ2) is 6.63. The maximum Gasteiger partial charge on any atom is 0.129 e. The molecule has 0 atom stereocenters. The Hall–Kier alpha value is -2.01. The number of hydrogen-bond acceptors (Lipinski definition) is 5. The molecule has 1 aliphatic rings. The first-order valence-corrected chi connectivity index (χ1v) is 7.47. The van der Waals surface area contributed by atoms with E-state index in [2.05, 4.69) is 31.2 Å². The molecule has 0 radical (unpaired) electrons. The minimum Gasteiger partial charge on any atom is -0.367 e. The van der Waals surface area contributed by atoms with Gasteiger partial charge in [-0.3, -0.25) is 9.88 Å². The number of aromatic nitrogens is 3. The maximum atomic E-state index is 4.40. The molecule has 1 N–H and O–H groups in total. The molecule has 0 unspecified atom stereocenters. The van der Waals surface area contributed by atoms with Crippen LogP contribution in [0.3, 0.4) is 0 Å². The summed E-state index contributed by atoms with van der Waals surface area (Å²) >= 11 is 0. The van der Waals surface area contributed by atoms with Crippen molar-refractivity contribution in [3.63, 3.8) is 0 Å². The standard InChI is InChI=1S/C16H21N5/c1-13-10-16(19-12-18-13)20-14-5-8-21(9-6-14)11-15-4-2-3-7-17-15/h2-4,7,10,12,14H,5-6,8-9,11H2,1H3,(H,18,19,20). The van der Waals surface area contributed by atoms with Gasteiger partial charge in [0.1, 0.15) is 12.1 Å². The van der Waals surface area contributed by atoms with Crippen LogP contribution in [-0.2, 0) is 6.54 Å². The molecule has 1 fully saturated rings. The lowest BCUT2D eigenvalue weighted by Gasteiger charge is -2.32. The normalized spacial score (nSPS) is 16.8. The summed E-state index contributed by atoms with van der Waals surface area (Å²) in [6.07, 6.45) is 5.75. The second-order valence-corrected chi connectivity index (χ2v) is 5.56. The summed E-state index contributed by atoms with van der Waals surface area (Å²) in [4.78, 5) is 15.3. The third-order valence-electron chi connectivity index (χ3n) is 3.86. The molecule has 2 aromatic heterocycles. The van der Waals surface area contributed by atoms with Crippen LogP contribution in [-0.4, -0.2) is 39.0 Å². The highest BCUT2D eigenvalue weighted by Gasteiger charge is 2.19. The van der Waals surface area contributed by atoms with Crippen LogP contribution in [0.5, 0.6) is 0 Å². The van der Waals surface area contributed by atoms with Crippen molar-refractivity contribution >= 4 is 5.82 Å². The topological polar surface area (TPSA) is 53.9 Å². The van der Waals surface area contributed by atoms with E-state index < -0.39 is 0 Å². The highest BCUT2D eigenvalue weighted by atomic mass is 15.2. The molecule has 0 saturated carbocycles. The molecule has 5 heteroatoms. The second-order valence-electron chi connectivity index (χ2n) is 5.56. The fourth-order valence-electron chi connectivity index (χ4n) is 2.70. The van der Waals surface area contributed by atoms with Crippen LogP contribution in [0.1, 0.15) is 24.2 Å². The molecule has 3 heterocycles. The van der Waals surface area contributed by atoms with Crippen LogP contribution < -0.4 is 5.32 Å². The van der Waals surface area contributed by atoms with Crippen molar-refractivity contribution in [1.29, 1.82) is 0 Å². The van der Waals surface area contributed by atoms with E-state index in [9.17, 15) is 0 Å². The lowest BCUT2D eigenvalue weighted by Crippen LogP contribution is -2.38. The van der Waals surface area contributed by atoms with Crippen LogP contribution >= 0.6 is 0 Å². The van der Waals surface area contributed by atoms with Crippen molar-refractivity contribution < 1.29 is 0 Å². The van der Waals surface area contributed by atoms with Crippen molar-refractivity contribution in [2.45, 2.75) is 32.4 Å². The summed E-state index contributed by atoms with van der Waals surface area (Å²) < 4.78 is 0. The third kappa shape index (κ3) is 3.98. The summed E-state index contributed by atoms with van der Waals surface area (Å²) in [6.45, 7) is 5.12. The molecular formula is C16H21N5. The molecule has 1 saturated heterocycles. The zero-order valence-electron chi connectivity index (χ0n) is 12.4. The summed E-state index contributed by atoms with van der Waals surface area (Å²) in [6, 6.07) is 8.60. The van der Waals surface area contributed by atoms with E-state index in [-0.39, 0.29) is 0 Å². The summed E-state index contributed by atoms with van der Waals surface area (Å²) in [5, 5.41) is 3.51. The van der Waals surface area contributed by atoms with Gasteiger partial charge in [0.25, 0.3) is 0 Å². The van der Waals surface area contributed by atoms with E-state index in [1.54, 1.807) is 6.33 Å². The van der Waals surface area contributed by atoms with Crippen molar-refractivity contribution in [3.8, 4) is 0 Å². The van der Waals surface area contributed by atoms with Crippen LogP contribution in [0.4, 0.5) is 5.82 Å². The van der Waals surface area contributed by atoms with Crippen molar-refractivity contribution in [2.75, 3.05) is 18.4 Å². The van der Waals surface area contributed by atoms with Crippen LogP contribution in [0, 0.1) is 6.92 Å². The monoisotopic (exact) mass is 283 g/mol. The highest BCUT2D eigenvalue weighted by molar-refractivity contribution is 5.35. The first-order valence-electron chi connectivity index (χ1n) is 7.47. The number of nitrogens with zero attached hydrogens (tertiary/aromatic N) is 4. The van der Waals surface area contributed by atoms with Crippen molar-refractivity contribution in [3.05, 3.63) is 48.2 Å². The molecule has 21 heavy (non-hydrogen) atoms. The summed E-state index contributed by atoms with van der Waals surface area (Å²) in [5.74, 6) is 0.936. The number of pyridine rings is 1. The number of likely N-dealkylation sites (tertiary alicyclic amines) is 1. The summed E-state index contributed by atoms with van der Waals surface area (Å²) in [5.41, 5.74) is 2.15. The minimum atomic E-state index is 0.499. The SMILES string of the molecule is Cc1cc(NC2CCN(Cc3ccccn3)CC2)ncn1. The van der Waals surface area contributed by atoms with Gasteiger partial charge in [-0.2, -0.15) is 0 Å². The number of anilines is 1. The Bertz CT molecular complexity index is 564. The van der Waals surface area contributed by atoms with Gasteiger partial charge in [-0.1, -0.05) is 6.07 Å². The molecule has 5 nitrogen and oxygen atoms in total. The Morgan fingerprint density at radius 1 is 1.19 bits per heavy atom. The van der Waals surface area contributed by atoms with Gasteiger partial charge < -0.3 is 5.32 Å². The zero-order valence-corrected chi connectivity index (χ0v) is 12.4. The molecule has 0 bridgehead atoms. The lowest BCUT2D eigenvalue weighted by molar-refractivity contribution is 0.209. The van der Waals surface area contributed by atoms with E-state index in [1.807, 2.05) is 31.3 Å². The molecule has 3 rings (SSSR count). The molecule has 110 valence electrons. The quantitative estimate of drug-likeness (QED) is 0.932. The predicted octanol–water partition coefficient (Wildman–Crippen LogP) is 2.26. The molecule has 0 aliphatic carbocycles. The van der Waals surface area contributed by atoms with Crippen molar-refractivity contribution in [2.24, 2.45) is 0 Å². The maximum absolute atomic E-state index is 4.40.